The minimum atomic E-state index is -0.0564. The third-order valence-electron chi connectivity index (χ3n) is 3.50. The van der Waals surface area contributed by atoms with Crippen molar-refractivity contribution in [3.05, 3.63) is 29.1 Å². The zero-order valence-corrected chi connectivity index (χ0v) is 13.2. The van der Waals surface area contributed by atoms with Gasteiger partial charge in [0.05, 0.1) is 18.7 Å². The van der Waals surface area contributed by atoms with Crippen LogP contribution in [0.15, 0.2) is 6.33 Å². The van der Waals surface area contributed by atoms with Crippen LogP contribution in [-0.4, -0.2) is 44.6 Å². The van der Waals surface area contributed by atoms with E-state index in [0.717, 1.165) is 35.7 Å². The Morgan fingerprint density at radius 1 is 1.45 bits per heavy atom. The number of rotatable bonds is 8. The first kappa shape index (κ1) is 16.2. The molecule has 2 N–H and O–H groups in total. The monoisotopic (exact) mass is 306 g/mol. The number of carbonyl (C=O) groups excluding carboxylic acids is 1. The van der Waals surface area contributed by atoms with Crippen molar-refractivity contribution in [3.63, 3.8) is 0 Å². The van der Waals surface area contributed by atoms with Gasteiger partial charge in [0, 0.05) is 31.5 Å². The van der Waals surface area contributed by atoms with Crippen molar-refractivity contribution in [1.29, 1.82) is 0 Å². The number of methoxy groups -OCH3 is 1. The van der Waals surface area contributed by atoms with E-state index in [1.165, 1.54) is 0 Å². The minimum absolute atomic E-state index is 0.0564. The first-order valence-corrected chi connectivity index (χ1v) is 7.24. The van der Waals surface area contributed by atoms with Crippen LogP contribution in [-0.2, 0) is 29.0 Å². The molecule has 0 aliphatic heterocycles. The highest BCUT2D eigenvalue weighted by Gasteiger charge is 2.12. The molecule has 2 aromatic heterocycles. The topological polar surface area (TPSA) is 97.7 Å². The molecule has 0 unspecified atom stereocenters. The number of nitrogens with zero attached hydrogens (tertiary/aromatic N) is 4. The van der Waals surface area contributed by atoms with Crippen LogP contribution in [0.5, 0.6) is 0 Å². The van der Waals surface area contributed by atoms with E-state index >= 15 is 0 Å². The first-order valence-electron chi connectivity index (χ1n) is 7.24. The fourth-order valence-corrected chi connectivity index (χ4v) is 2.22. The van der Waals surface area contributed by atoms with Gasteiger partial charge in [-0.15, -0.1) is 10.2 Å². The highest BCUT2D eigenvalue weighted by Crippen LogP contribution is 2.09. The zero-order valence-electron chi connectivity index (χ0n) is 13.2. The number of aromatic nitrogens is 5. The number of aryl methyl sites for hydroxylation is 3. The number of hydrogen-bond acceptors (Lipinski definition) is 5. The van der Waals surface area contributed by atoms with Crippen LogP contribution in [0, 0.1) is 13.8 Å². The quantitative estimate of drug-likeness (QED) is 0.693. The predicted molar refractivity (Wildman–Crippen MR) is 80.1 cm³/mol. The molecular formula is C14H22N6O2. The van der Waals surface area contributed by atoms with E-state index in [1.807, 2.05) is 18.4 Å². The fraction of sp³-hybridized carbons (Fsp3) is 0.571. The summed E-state index contributed by atoms with van der Waals surface area (Å²) in [6, 6.07) is 0. The maximum absolute atomic E-state index is 12.1. The van der Waals surface area contributed by atoms with Crippen molar-refractivity contribution < 1.29 is 9.53 Å². The zero-order chi connectivity index (χ0) is 15.9. The summed E-state index contributed by atoms with van der Waals surface area (Å²) in [5.74, 6) is 0.684. The van der Waals surface area contributed by atoms with Gasteiger partial charge in [0.1, 0.15) is 6.33 Å². The Bertz CT molecular complexity index is 599. The molecule has 0 saturated carbocycles. The molecule has 0 aliphatic carbocycles. The van der Waals surface area contributed by atoms with Crippen molar-refractivity contribution in [3.8, 4) is 0 Å². The molecule has 0 radical (unpaired) electrons. The van der Waals surface area contributed by atoms with Gasteiger partial charge in [-0.2, -0.15) is 5.10 Å². The summed E-state index contributed by atoms with van der Waals surface area (Å²) in [5.41, 5.74) is 2.73. The minimum Gasteiger partial charge on any atom is -0.385 e. The maximum atomic E-state index is 12.1. The van der Waals surface area contributed by atoms with Crippen molar-refractivity contribution in [1.82, 2.24) is 30.3 Å². The van der Waals surface area contributed by atoms with E-state index in [1.54, 1.807) is 13.4 Å². The van der Waals surface area contributed by atoms with Gasteiger partial charge in [-0.1, -0.05) is 0 Å². The normalized spacial score (nSPS) is 10.9. The summed E-state index contributed by atoms with van der Waals surface area (Å²) in [5, 5.41) is 17.8. The van der Waals surface area contributed by atoms with Gasteiger partial charge in [0.2, 0.25) is 5.91 Å². The molecule has 120 valence electrons. The third-order valence-corrected chi connectivity index (χ3v) is 3.50. The lowest BCUT2D eigenvalue weighted by atomic mass is 10.1. The van der Waals surface area contributed by atoms with E-state index < -0.39 is 0 Å². The lowest BCUT2D eigenvalue weighted by Crippen LogP contribution is -2.26. The van der Waals surface area contributed by atoms with Crippen LogP contribution in [0.3, 0.4) is 0 Å². The Balaban J connectivity index is 1.85. The van der Waals surface area contributed by atoms with Gasteiger partial charge < -0.3 is 14.6 Å². The molecule has 0 saturated heterocycles. The molecule has 2 rings (SSSR count). The van der Waals surface area contributed by atoms with E-state index in [-0.39, 0.29) is 5.91 Å². The van der Waals surface area contributed by atoms with Gasteiger partial charge in [0.15, 0.2) is 5.82 Å². The number of hydrogen-bond donors (Lipinski definition) is 2. The van der Waals surface area contributed by atoms with Gasteiger partial charge >= 0.3 is 0 Å². The second-order valence-electron chi connectivity index (χ2n) is 5.15. The molecule has 0 aromatic carbocycles. The molecule has 0 fully saturated rings. The summed E-state index contributed by atoms with van der Waals surface area (Å²) in [6.45, 7) is 5.62. The number of amides is 1. The maximum Gasteiger partial charge on any atom is 0.224 e. The summed E-state index contributed by atoms with van der Waals surface area (Å²) in [6.07, 6.45) is 2.86. The molecule has 0 aliphatic rings. The first-order chi connectivity index (χ1) is 10.6. The highest BCUT2D eigenvalue weighted by atomic mass is 16.5. The van der Waals surface area contributed by atoms with Crippen molar-refractivity contribution in [2.75, 3.05) is 13.7 Å². The number of nitrogens with one attached hydrogen (secondary N) is 2. The molecule has 2 aromatic rings. The van der Waals surface area contributed by atoms with E-state index in [9.17, 15) is 4.79 Å². The Morgan fingerprint density at radius 3 is 2.95 bits per heavy atom. The summed E-state index contributed by atoms with van der Waals surface area (Å²) in [7, 11) is 1.67. The number of H-pyrrole nitrogens is 1. The average Bonchev–Trinajstić information content (AvgIpc) is 3.07. The number of ether oxygens (including phenoxy) is 1. The van der Waals surface area contributed by atoms with Crippen molar-refractivity contribution >= 4 is 5.91 Å². The molecule has 0 atom stereocenters. The summed E-state index contributed by atoms with van der Waals surface area (Å²) in [4.78, 5) is 12.1. The molecule has 8 heteroatoms. The van der Waals surface area contributed by atoms with Crippen molar-refractivity contribution in [2.24, 2.45) is 0 Å². The number of carbonyl (C=O) groups is 1. The predicted octanol–water partition coefficient (Wildman–Crippen LogP) is 0.513. The van der Waals surface area contributed by atoms with E-state index in [2.05, 4.69) is 25.7 Å². The standard InChI is InChI=1S/C14H22N6O2/c1-10-12(11(2)18-17-10)7-14(21)15-8-13-19-16-9-20(13)5-4-6-22-3/h9H,4-8H2,1-3H3,(H,15,21)(H,17,18). The van der Waals surface area contributed by atoms with Crippen LogP contribution in [0.1, 0.15) is 29.2 Å². The summed E-state index contributed by atoms with van der Waals surface area (Å²) >= 11 is 0. The highest BCUT2D eigenvalue weighted by molar-refractivity contribution is 5.78. The fourth-order valence-electron chi connectivity index (χ4n) is 2.22. The van der Waals surface area contributed by atoms with Crippen LogP contribution < -0.4 is 5.32 Å². The molecule has 1 amide bonds. The Morgan fingerprint density at radius 2 is 2.27 bits per heavy atom. The second kappa shape index (κ2) is 7.69. The molecule has 0 bridgehead atoms. The summed E-state index contributed by atoms with van der Waals surface area (Å²) < 4.78 is 6.95. The Labute approximate surface area is 129 Å². The van der Waals surface area contributed by atoms with Crippen LogP contribution in [0.2, 0.25) is 0 Å². The molecule has 22 heavy (non-hydrogen) atoms. The average molecular weight is 306 g/mol. The van der Waals surface area contributed by atoms with E-state index in [4.69, 9.17) is 4.74 Å². The van der Waals surface area contributed by atoms with Gasteiger partial charge in [-0.3, -0.25) is 9.89 Å². The second-order valence-corrected chi connectivity index (χ2v) is 5.15. The van der Waals surface area contributed by atoms with Crippen LogP contribution in [0.4, 0.5) is 0 Å². The van der Waals surface area contributed by atoms with Crippen molar-refractivity contribution in [2.45, 2.75) is 39.8 Å². The molecule has 0 spiro atoms. The lowest BCUT2D eigenvalue weighted by Gasteiger charge is -2.08. The lowest BCUT2D eigenvalue weighted by molar-refractivity contribution is -0.120. The third kappa shape index (κ3) is 4.14. The molecule has 2 heterocycles. The van der Waals surface area contributed by atoms with E-state index in [0.29, 0.717) is 19.6 Å². The Kier molecular flexibility index (Phi) is 5.65. The Hall–Kier alpha value is -2.22. The van der Waals surface area contributed by atoms with Crippen LogP contribution >= 0.6 is 0 Å². The van der Waals surface area contributed by atoms with Gasteiger partial charge in [0.25, 0.3) is 0 Å². The SMILES string of the molecule is COCCCn1cnnc1CNC(=O)Cc1c(C)n[nH]c1C. The smallest absolute Gasteiger partial charge is 0.224 e. The number of aromatic amines is 1. The molecule has 8 nitrogen and oxygen atoms in total. The van der Waals surface area contributed by atoms with Gasteiger partial charge in [-0.05, 0) is 20.3 Å². The largest absolute Gasteiger partial charge is 0.385 e. The van der Waals surface area contributed by atoms with Crippen LogP contribution in [0.25, 0.3) is 0 Å². The molecular weight excluding hydrogens is 284 g/mol. The van der Waals surface area contributed by atoms with Gasteiger partial charge in [-0.25, -0.2) is 0 Å².